The van der Waals surface area contributed by atoms with Crippen LogP contribution in [0.3, 0.4) is 0 Å². The normalized spacial score (nSPS) is 21.4. The van der Waals surface area contributed by atoms with Crippen molar-refractivity contribution >= 4 is 11.8 Å². The Hall–Kier alpha value is -1.94. The molecule has 2 rings (SSSR count). The van der Waals surface area contributed by atoms with Crippen molar-refractivity contribution in [2.75, 3.05) is 6.61 Å². The van der Waals surface area contributed by atoms with E-state index >= 15 is 0 Å². The van der Waals surface area contributed by atoms with Crippen LogP contribution in [0, 0.1) is 5.41 Å². The summed E-state index contributed by atoms with van der Waals surface area (Å²) in [5, 5.41) is 10.1. The lowest BCUT2D eigenvalue weighted by atomic mass is 9.70. The lowest BCUT2D eigenvalue weighted by Gasteiger charge is -2.33. The molecule has 0 spiro atoms. The van der Waals surface area contributed by atoms with Gasteiger partial charge in [-0.05, 0) is 73.1 Å². The molecule has 0 amide bonds. The molecule has 4 heteroatoms. The highest BCUT2D eigenvalue weighted by atomic mass is 16.5. The number of Topliss-reactive ketones (excluding diaryl/α,β-unsaturated/α-hetero) is 1. The van der Waals surface area contributed by atoms with E-state index in [0.29, 0.717) is 24.2 Å². The number of ether oxygens (including phenoxy) is 1. The van der Waals surface area contributed by atoms with Crippen molar-refractivity contribution in [2.45, 2.75) is 85.7 Å². The van der Waals surface area contributed by atoms with E-state index in [4.69, 9.17) is 4.74 Å². The number of carbonyl (C=O) groups is 2. The van der Waals surface area contributed by atoms with Crippen molar-refractivity contribution in [2.24, 2.45) is 5.41 Å². The van der Waals surface area contributed by atoms with E-state index in [-0.39, 0.29) is 18.0 Å². The number of aliphatic hydroxyl groups is 1. The average Bonchev–Trinajstić information content (AvgIpc) is 3.09. The van der Waals surface area contributed by atoms with Gasteiger partial charge in [0.2, 0.25) is 0 Å². The number of carbonyl (C=O) groups excluding carboxylic acids is 2. The zero-order chi connectivity index (χ0) is 21.6. The first-order valence-corrected chi connectivity index (χ1v) is 10.7. The molecule has 4 nitrogen and oxygen atoms in total. The second-order valence-electron chi connectivity index (χ2n) is 9.03. The summed E-state index contributed by atoms with van der Waals surface area (Å²) in [6.45, 7) is 10.8. The second kappa shape index (κ2) is 10.2. The fourth-order valence-electron chi connectivity index (χ4n) is 4.11. The summed E-state index contributed by atoms with van der Waals surface area (Å²) in [6, 6.07) is 0. The number of aliphatic hydroxyl groups excluding tert-OH is 1. The molecule has 2 aliphatic rings. The van der Waals surface area contributed by atoms with Crippen molar-refractivity contribution in [3.8, 4) is 0 Å². The summed E-state index contributed by atoms with van der Waals surface area (Å²) in [7, 11) is 0. The van der Waals surface area contributed by atoms with Gasteiger partial charge in [-0.2, -0.15) is 0 Å². The summed E-state index contributed by atoms with van der Waals surface area (Å²) in [4.78, 5) is 23.3. The third-order valence-corrected chi connectivity index (χ3v) is 6.30. The Morgan fingerprint density at radius 1 is 1.17 bits per heavy atom. The zero-order valence-corrected chi connectivity index (χ0v) is 18.6. The van der Waals surface area contributed by atoms with E-state index in [1.807, 2.05) is 6.08 Å². The molecule has 160 valence electrons. The minimum atomic E-state index is -0.647. The lowest BCUT2D eigenvalue weighted by Crippen LogP contribution is -2.30. The van der Waals surface area contributed by atoms with E-state index in [1.54, 1.807) is 0 Å². The maximum Gasteiger partial charge on any atom is 0.331 e. The fourth-order valence-corrected chi connectivity index (χ4v) is 4.11. The molecule has 0 unspecified atom stereocenters. The van der Waals surface area contributed by atoms with Crippen molar-refractivity contribution in [3.63, 3.8) is 0 Å². The fraction of sp³-hybridized carbons (Fsp3) is 0.600. The van der Waals surface area contributed by atoms with E-state index in [0.717, 1.165) is 32.1 Å². The molecule has 29 heavy (non-hydrogen) atoms. The summed E-state index contributed by atoms with van der Waals surface area (Å²) in [5.74, 6) is -0.000667. The molecule has 0 aromatic carbocycles. The van der Waals surface area contributed by atoms with Gasteiger partial charge in [-0.25, -0.2) is 4.79 Å². The van der Waals surface area contributed by atoms with Gasteiger partial charge in [0.15, 0.2) is 0 Å². The quantitative estimate of drug-likeness (QED) is 0.417. The Bertz CT molecular complexity index is 762. The Balaban J connectivity index is 1.78. The Morgan fingerprint density at radius 3 is 2.52 bits per heavy atom. The van der Waals surface area contributed by atoms with Gasteiger partial charge in [0.25, 0.3) is 0 Å². The third-order valence-electron chi connectivity index (χ3n) is 6.30. The molecule has 1 N–H and O–H groups in total. The molecular formula is C25H36O4. The number of cyclic esters (lactones) is 1. The minimum absolute atomic E-state index is 0.202. The van der Waals surface area contributed by atoms with Crippen LogP contribution in [0.2, 0.25) is 0 Å². The summed E-state index contributed by atoms with van der Waals surface area (Å²) in [5.41, 5.74) is 5.66. The topological polar surface area (TPSA) is 63.6 Å². The third kappa shape index (κ3) is 6.53. The monoisotopic (exact) mass is 400 g/mol. The van der Waals surface area contributed by atoms with Crippen LogP contribution < -0.4 is 0 Å². The van der Waals surface area contributed by atoms with Crippen LogP contribution in [0.1, 0.15) is 79.6 Å². The molecule has 0 aromatic heterocycles. The van der Waals surface area contributed by atoms with Gasteiger partial charge in [0.1, 0.15) is 12.4 Å². The second-order valence-corrected chi connectivity index (χ2v) is 9.03. The van der Waals surface area contributed by atoms with Crippen LogP contribution in [-0.4, -0.2) is 29.6 Å². The molecule has 0 bridgehead atoms. The molecule has 0 aromatic rings. The molecule has 1 heterocycles. The van der Waals surface area contributed by atoms with Crippen molar-refractivity contribution < 1.29 is 19.4 Å². The average molecular weight is 401 g/mol. The van der Waals surface area contributed by atoms with Crippen LogP contribution in [0.4, 0.5) is 0 Å². The van der Waals surface area contributed by atoms with Gasteiger partial charge >= 0.3 is 5.97 Å². The molecule has 1 atom stereocenters. The SMILES string of the molecule is CC1=C(CC/C(C)=C/CC/C(C)=C/C[C@@H](O)C2=CC(=O)OC2)C(C)(C)C(=O)CC1. The van der Waals surface area contributed by atoms with Gasteiger partial charge in [-0.15, -0.1) is 0 Å². The standard InChI is InChI=1S/C25H36O4/c1-17(9-12-21-19(3)11-14-23(27)25(21,4)5)7-6-8-18(2)10-13-22(26)20-15-24(28)29-16-20/h7,10,15,22,26H,6,8-9,11-14,16H2,1-5H3/b17-7+,18-10+/t22-/m1/s1. The van der Waals surface area contributed by atoms with Crippen LogP contribution in [0.25, 0.3) is 0 Å². The molecule has 1 aliphatic heterocycles. The molecule has 1 aliphatic carbocycles. The number of esters is 1. The van der Waals surface area contributed by atoms with E-state index < -0.39 is 6.10 Å². The number of rotatable bonds is 9. The molecule has 0 saturated carbocycles. The molecule has 0 radical (unpaired) electrons. The van der Waals surface area contributed by atoms with Crippen molar-refractivity contribution in [3.05, 3.63) is 46.1 Å². The number of hydrogen-bond donors (Lipinski definition) is 1. The first-order chi connectivity index (χ1) is 13.6. The van der Waals surface area contributed by atoms with Crippen LogP contribution in [0.15, 0.2) is 46.1 Å². The van der Waals surface area contributed by atoms with Gasteiger partial charge in [0, 0.05) is 23.5 Å². The number of allylic oxidation sites excluding steroid dienone is 5. The summed E-state index contributed by atoms with van der Waals surface area (Å²) in [6.07, 6.45) is 11.0. The smallest absolute Gasteiger partial charge is 0.331 e. The highest BCUT2D eigenvalue weighted by Gasteiger charge is 2.35. The lowest BCUT2D eigenvalue weighted by molar-refractivity contribution is -0.135. The van der Waals surface area contributed by atoms with Crippen molar-refractivity contribution in [1.82, 2.24) is 0 Å². The molecule has 0 saturated heterocycles. The minimum Gasteiger partial charge on any atom is -0.458 e. The van der Waals surface area contributed by atoms with Crippen LogP contribution in [-0.2, 0) is 14.3 Å². The predicted octanol–water partition coefficient (Wildman–Crippen LogP) is 5.38. The van der Waals surface area contributed by atoms with Gasteiger partial charge in [0.05, 0.1) is 6.10 Å². The Morgan fingerprint density at radius 2 is 1.86 bits per heavy atom. The molecule has 0 fully saturated rings. The largest absolute Gasteiger partial charge is 0.458 e. The number of hydrogen-bond acceptors (Lipinski definition) is 4. The van der Waals surface area contributed by atoms with Crippen LogP contribution >= 0.6 is 0 Å². The van der Waals surface area contributed by atoms with Gasteiger partial charge in [-0.3, -0.25) is 4.79 Å². The Kier molecular flexibility index (Phi) is 8.21. The predicted molar refractivity (Wildman–Crippen MR) is 116 cm³/mol. The summed E-state index contributed by atoms with van der Waals surface area (Å²) < 4.78 is 4.83. The van der Waals surface area contributed by atoms with E-state index in [9.17, 15) is 14.7 Å². The first kappa shape index (κ1) is 23.3. The van der Waals surface area contributed by atoms with Gasteiger partial charge < -0.3 is 9.84 Å². The maximum absolute atomic E-state index is 12.3. The maximum atomic E-state index is 12.3. The first-order valence-electron chi connectivity index (χ1n) is 10.7. The van der Waals surface area contributed by atoms with Crippen molar-refractivity contribution in [1.29, 1.82) is 0 Å². The molecular weight excluding hydrogens is 364 g/mol. The summed E-state index contributed by atoms with van der Waals surface area (Å²) >= 11 is 0. The van der Waals surface area contributed by atoms with Gasteiger partial charge in [-0.1, -0.05) is 34.4 Å². The number of ketones is 1. The highest BCUT2D eigenvalue weighted by Crippen LogP contribution is 2.40. The van der Waals surface area contributed by atoms with E-state index in [1.165, 1.54) is 28.4 Å². The Labute approximate surface area is 175 Å². The van der Waals surface area contributed by atoms with E-state index in [2.05, 4.69) is 40.7 Å². The van der Waals surface area contributed by atoms with Crippen LogP contribution in [0.5, 0.6) is 0 Å². The highest BCUT2D eigenvalue weighted by molar-refractivity contribution is 5.88. The zero-order valence-electron chi connectivity index (χ0n) is 18.6.